The van der Waals surface area contributed by atoms with Crippen molar-refractivity contribution in [2.75, 3.05) is 7.05 Å². The molecule has 1 N–H and O–H groups in total. The molecule has 3 atom stereocenters. The van der Waals surface area contributed by atoms with Crippen LogP contribution in [0.1, 0.15) is 56.7 Å². The molecule has 0 radical (unpaired) electrons. The zero-order chi connectivity index (χ0) is 14.7. The van der Waals surface area contributed by atoms with E-state index in [0.29, 0.717) is 5.56 Å². The fraction of sp³-hybridized carbons (Fsp3) is 0.647. The van der Waals surface area contributed by atoms with E-state index < -0.39 is 0 Å². The molecule has 0 spiro atoms. The molecule has 0 aromatic heterocycles. The van der Waals surface area contributed by atoms with E-state index >= 15 is 0 Å². The van der Waals surface area contributed by atoms with Crippen LogP contribution < -0.4 is 10.1 Å². The van der Waals surface area contributed by atoms with Crippen molar-refractivity contribution in [1.29, 1.82) is 0 Å². The molecule has 3 unspecified atom stereocenters. The summed E-state index contributed by atoms with van der Waals surface area (Å²) in [4.78, 5) is 0. The van der Waals surface area contributed by atoms with Crippen LogP contribution in [0.5, 0.6) is 5.75 Å². The van der Waals surface area contributed by atoms with Crippen molar-refractivity contribution >= 4 is 0 Å². The van der Waals surface area contributed by atoms with Crippen LogP contribution in [0.15, 0.2) is 12.1 Å². The third kappa shape index (κ3) is 3.51. The van der Waals surface area contributed by atoms with Gasteiger partial charge in [0.05, 0.1) is 6.10 Å². The van der Waals surface area contributed by atoms with Gasteiger partial charge in [0.2, 0.25) is 0 Å². The molecule has 3 heteroatoms. The molecule has 1 saturated carbocycles. The molecule has 0 amide bonds. The second kappa shape index (κ2) is 6.57. The van der Waals surface area contributed by atoms with Gasteiger partial charge in [0, 0.05) is 11.6 Å². The molecular weight excluding hydrogens is 253 g/mol. The molecule has 1 aliphatic carbocycles. The summed E-state index contributed by atoms with van der Waals surface area (Å²) in [7, 11) is 1.88. The second-order valence-corrected chi connectivity index (χ2v) is 6.16. The Morgan fingerprint density at radius 3 is 2.75 bits per heavy atom. The van der Waals surface area contributed by atoms with Gasteiger partial charge in [0.1, 0.15) is 11.6 Å². The Balaban J connectivity index is 2.22. The highest BCUT2D eigenvalue weighted by atomic mass is 19.1. The SMILES string of the molecule is CNC(C)c1cc(F)c(C)cc1OC1CCCC(C)C1. The molecule has 112 valence electrons. The summed E-state index contributed by atoms with van der Waals surface area (Å²) in [5.74, 6) is 1.40. The van der Waals surface area contributed by atoms with Crippen molar-refractivity contribution in [1.82, 2.24) is 5.32 Å². The Bertz CT molecular complexity index is 461. The number of aryl methyl sites for hydroxylation is 1. The van der Waals surface area contributed by atoms with Gasteiger partial charge in [-0.25, -0.2) is 4.39 Å². The number of nitrogens with one attached hydrogen (secondary N) is 1. The van der Waals surface area contributed by atoms with Gasteiger partial charge in [-0.3, -0.25) is 0 Å². The molecule has 1 fully saturated rings. The van der Waals surface area contributed by atoms with E-state index in [9.17, 15) is 4.39 Å². The summed E-state index contributed by atoms with van der Waals surface area (Å²) >= 11 is 0. The predicted octanol–water partition coefficient (Wildman–Crippen LogP) is 4.37. The molecule has 0 bridgehead atoms. The summed E-state index contributed by atoms with van der Waals surface area (Å²) in [6, 6.07) is 3.54. The molecule has 0 heterocycles. The van der Waals surface area contributed by atoms with Gasteiger partial charge < -0.3 is 10.1 Å². The second-order valence-electron chi connectivity index (χ2n) is 6.16. The number of rotatable bonds is 4. The lowest BCUT2D eigenvalue weighted by Crippen LogP contribution is -2.25. The number of halogens is 1. The Morgan fingerprint density at radius 2 is 2.10 bits per heavy atom. The van der Waals surface area contributed by atoms with Crippen molar-refractivity contribution in [2.24, 2.45) is 5.92 Å². The summed E-state index contributed by atoms with van der Waals surface area (Å²) in [6.45, 7) is 6.10. The minimum atomic E-state index is -0.161. The third-order valence-electron chi connectivity index (χ3n) is 4.37. The maximum atomic E-state index is 13.8. The van der Waals surface area contributed by atoms with Gasteiger partial charge in [-0.05, 0) is 63.8 Å². The first-order valence-corrected chi connectivity index (χ1v) is 7.65. The van der Waals surface area contributed by atoms with Crippen LogP contribution >= 0.6 is 0 Å². The van der Waals surface area contributed by atoms with Crippen LogP contribution in [0, 0.1) is 18.7 Å². The van der Waals surface area contributed by atoms with Crippen LogP contribution in [0.2, 0.25) is 0 Å². The normalized spacial score (nSPS) is 24.4. The summed E-state index contributed by atoms with van der Waals surface area (Å²) in [5.41, 5.74) is 1.56. The Labute approximate surface area is 121 Å². The number of hydrogen-bond acceptors (Lipinski definition) is 2. The molecule has 2 rings (SSSR count). The highest BCUT2D eigenvalue weighted by Crippen LogP contribution is 2.32. The molecule has 2 nitrogen and oxygen atoms in total. The third-order valence-corrected chi connectivity index (χ3v) is 4.37. The monoisotopic (exact) mass is 279 g/mol. The molecule has 1 aliphatic rings. The van der Waals surface area contributed by atoms with E-state index in [1.54, 1.807) is 13.0 Å². The fourth-order valence-corrected chi connectivity index (χ4v) is 2.93. The highest BCUT2D eigenvalue weighted by Gasteiger charge is 2.22. The van der Waals surface area contributed by atoms with Crippen LogP contribution in [0.25, 0.3) is 0 Å². The lowest BCUT2D eigenvalue weighted by molar-refractivity contribution is 0.127. The van der Waals surface area contributed by atoms with Gasteiger partial charge in [0.15, 0.2) is 0 Å². The lowest BCUT2D eigenvalue weighted by Gasteiger charge is -2.29. The fourth-order valence-electron chi connectivity index (χ4n) is 2.93. The maximum absolute atomic E-state index is 13.8. The lowest BCUT2D eigenvalue weighted by atomic mass is 9.88. The van der Waals surface area contributed by atoms with Crippen molar-refractivity contribution in [2.45, 2.75) is 58.6 Å². The standard InChI is InChI=1S/C17H26FNO/c1-11-6-5-7-14(8-11)20-17-9-12(2)16(18)10-15(17)13(3)19-4/h9-11,13-14,19H,5-8H2,1-4H3. The van der Waals surface area contributed by atoms with Gasteiger partial charge >= 0.3 is 0 Å². The number of benzene rings is 1. The number of hydrogen-bond donors (Lipinski definition) is 1. The van der Waals surface area contributed by atoms with E-state index in [-0.39, 0.29) is 18.0 Å². The Morgan fingerprint density at radius 1 is 1.35 bits per heavy atom. The summed E-state index contributed by atoms with van der Waals surface area (Å²) in [5, 5.41) is 3.17. The van der Waals surface area contributed by atoms with Crippen molar-refractivity contribution in [3.05, 3.63) is 29.1 Å². The van der Waals surface area contributed by atoms with Crippen molar-refractivity contribution in [3.8, 4) is 5.75 Å². The van der Waals surface area contributed by atoms with Crippen LogP contribution in [-0.4, -0.2) is 13.2 Å². The Hall–Kier alpha value is -1.09. The smallest absolute Gasteiger partial charge is 0.126 e. The van der Waals surface area contributed by atoms with E-state index in [4.69, 9.17) is 4.74 Å². The molecule has 1 aromatic rings. The summed E-state index contributed by atoms with van der Waals surface area (Å²) in [6.07, 6.45) is 4.99. The van der Waals surface area contributed by atoms with Crippen LogP contribution in [0.3, 0.4) is 0 Å². The molecular formula is C17H26FNO. The van der Waals surface area contributed by atoms with E-state index in [0.717, 1.165) is 30.1 Å². The summed E-state index contributed by atoms with van der Waals surface area (Å²) < 4.78 is 20.0. The first-order valence-electron chi connectivity index (χ1n) is 7.65. The first-order chi connectivity index (χ1) is 9.51. The van der Waals surface area contributed by atoms with Gasteiger partial charge in [-0.15, -0.1) is 0 Å². The first kappa shape index (κ1) is 15.3. The van der Waals surface area contributed by atoms with Crippen molar-refractivity contribution in [3.63, 3.8) is 0 Å². The van der Waals surface area contributed by atoms with Crippen molar-refractivity contribution < 1.29 is 9.13 Å². The number of ether oxygens (including phenoxy) is 1. The van der Waals surface area contributed by atoms with Gasteiger partial charge in [-0.1, -0.05) is 13.3 Å². The minimum absolute atomic E-state index is 0.0844. The zero-order valence-electron chi connectivity index (χ0n) is 13.0. The maximum Gasteiger partial charge on any atom is 0.126 e. The highest BCUT2D eigenvalue weighted by molar-refractivity contribution is 5.40. The van der Waals surface area contributed by atoms with Gasteiger partial charge in [0.25, 0.3) is 0 Å². The minimum Gasteiger partial charge on any atom is -0.490 e. The molecule has 1 aromatic carbocycles. The average molecular weight is 279 g/mol. The van der Waals surface area contributed by atoms with E-state index in [2.05, 4.69) is 12.2 Å². The molecule has 0 aliphatic heterocycles. The van der Waals surface area contributed by atoms with Gasteiger partial charge in [-0.2, -0.15) is 0 Å². The molecule has 0 saturated heterocycles. The van der Waals surface area contributed by atoms with E-state index in [1.165, 1.54) is 12.8 Å². The topological polar surface area (TPSA) is 21.3 Å². The van der Waals surface area contributed by atoms with E-state index in [1.807, 2.05) is 20.0 Å². The van der Waals surface area contributed by atoms with Crippen LogP contribution in [0.4, 0.5) is 4.39 Å². The predicted molar refractivity (Wildman–Crippen MR) is 80.7 cm³/mol. The Kier molecular flexibility index (Phi) is 5.03. The van der Waals surface area contributed by atoms with Crippen LogP contribution in [-0.2, 0) is 0 Å². The largest absolute Gasteiger partial charge is 0.490 e. The quantitative estimate of drug-likeness (QED) is 0.883. The zero-order valence-corrected chi connectivity index (χ0v) is 13.0. The average Bonchev–Trinajstić information content (AvgIpc) is 2.42. The molecule has 20 heavy (non-hydrogen) atoms.